The fourth-order valence-electron chi connectivity index (χ4n) is 3.25. The van der Waals surface area contributed by atoms with Crippen molar-refractivity contribution in [1.29, 1.82) is 0 Å². The van der Waals surface area contributed by atoms with Crippen molar-refractivity contribution in [3.8, 4) is 0 Å². The van der Waals surface area contributed by atoms with Crippen LogP contribution in [0.5, 0.6) is 0 Å². The molecular weight excluding hydrogens is 260 g/mol. The molecule has 3 nitrogen and oxygen atoms in total. The SMILES string of the molecule is CC(C)(C)c1ccccc1NC(=O)C1(CN)CCCCC1. The van der Waals surface area contributed by atoms with Gasteiger partial charge in [-0.15, -0.1) is 0 Å². The largest absolute Gasteiger partial charge is 0.329 e. The Morgan fingerprint density at radius 3 is 2.38 bits per heavy atom. The quantitative estimate of drug-likeness (QED) is 0.888. The summed E-state index contributed by atoms with van der Waals surface area (Å²) in [6.45, 7) is 6.93. The maximum Gasteiger partial charge on any atom is 0.231 e. The third-order valence-electron chi connectivity index (χ3n) is 4.67. The lowest BCUT2D eigenvalue weighted by Crippen LogP contribution is -2.44. The molecule has 1 amide bonds. The molecule has 0 unspecified atom stereocenters. The second-order valence-corrected chi connectivity index (χ2v) is 7.29. The van der Waals surface area contributed by atoms with Crippen LogP contribution in [-0.2, 0) is 10.2 Å². The normalized spacial score (nSPS) is 18.3. The van der Waals surface area contributed by atoms with Gasteiger partial charge in [0, 0.05) is 12.2 Å². The van der Waals surface area contributed by atoms with Crippen molar-refractivity contribution in [3.63, 3.8) is 0 Å². The molecule has 0 aliphatic heterocycles. The van der Waals surface area contributed by atoms with E-state index in [1.54, 1.807) is 0 Å². The van der Waals surface area contributed by atoms with Crippen molar-refractivity contribution < 1.29 is 4.79 Å². The van der Waals surface area contributed by atoms with Gasteiger partial charge in [0.2, 0.25) is 5.91 Å². The Balaban J connectivity index is 2.23. The van der Waals surface area contributed by atoms with Gasteiger partial charge in [-0.3, -0.25) is 4.79 Å². The van der Waals surface area contributed by atoms with E-state index < -0.39 is 0 Å². The molecule has 0 aromatic heterocycles. The number of anilines is 1. The molecule has 1 saturated carbocycles. The summed E-state index contributed by atoms with van der Waals surface area (Å²) in [6.07, 6.45) is 5.24. The standard InChI is InChI=1S/C18H28N2O/c1-17(2,3)14-9-5-6-10-15(14)20-16(21)18(13-19)11-7-4-8-12-18/h5-6,9-10H,4,7-8,11-13,19H2,1-3H3,(H,20,21). The van der Waals surface area contributed by atoms with Crippen molar-refractivity contribution in [2.75, 3.05) is 11.9 Å². The van der Waals surface area contributed by atoms with Gasteiger partial charge in [0.15, 0.2) is 0 Å². The smallest absolute Gasteiger partial charge is 0.231 e. The highest BCUT2D eigenvalue weighted by Crippen LogP contribution is 2.37. The molecule has 3 N–H and O–H groups in total. The Labute approximate surface area is 128 Å². The van der Waals surface area contributed by atoms with E-state index in [-0.39, 0.29) is 16.7 Å². The highest BCUT2D eigenvalue weighted by atomic mass is 16.2. The topological polar surface area (TPSA) is 55.1 Å². The van der Waals surface area contributed by atoms with Gasteiger partial charge in [-0.25, -0.2) is 0 Å². The first-order valence-electron chi connectivity index (χ1n) is 8.00. The van der Waals surface area contributed by atoms with E-state index >= 15 is 0 Å². The molecule has 3 heteroatoms. The van der Waals surface area contributed by atoms with Crippen LogP contribution in [0.4, 0.5) is 5.69 Å². The van der Waals surface area contributed by atoms with Crippen LogP contribution in [0.1, 0.15) is 58.4 Å². The monoisotopic (exact) mass is 288 g/mol. The van der Waals surface area contributed by atoms with Gasteiger partial charge in [-0.1, -0.05) is 58.2 Å². The lowest BCUT2D eigenvalue weighted by atomic mass is 9.73. The molecule has 0 atom stereocenters. The minimum absolute atomic E-state index is 0.00627. The molecule has 1 aliphatic rings. The zero-order chi connectivity index (χ0) is 15.5. The summed E-state index contributed by atoms with van der Waals surface area (Å²) in [6, 6.07) is 8.08. The third-order valence-corrected chi connectivity index (χ3v) is 4.67. The Morgan fingerprint density at radius 1 is 1.19 bits per heavy atom. The number of hydrogen-bond donors (Lipinski definition) is 2. The van der Waals surface area contributed by atoms with Gasteiger partial charge in [0.05, 0.1) is 5.41 Å². The zero-order valence-electron chi connectivity index (χ0n) is 13.5. The van der Waals surface area contributed by atoms with Crippen LogP contribution >= 0.6 is 0 Å². The van der Waals surface area contributed by atoms with E-state index in [2.05, 4.69) is 32.2 Å². The van der Waals surface area contributed by atoms with Crippen molar-refractivity contribution in [2.45, 2.75) is 58.3 Å². The van der Waals surface area contributed by atoms with E-state index in [4.69, 9.17) is 5.73 Å². The number of carbonyl (C=O) groups is 1. The van der Waals surface area contributed by atoms with Crippen LogP contribution in [0.15, 0.2) is 24.3 Å². The maximum absolute atomic E-state index is 12.8. The van der Waals surface area contributed by atoms with Gasteiger partial charge >= 0.3 is 0 Å². The first kappa shape index (κ1) is 16.0. The van der Waals surface area contributed by atoms with Crippen LogP contribution in [0.25, 0.3) is 0 Å². The second kappa shape index (κ2) is 6.18. The summed E-state index contributed by atoms with van der Waals surface area (Å²) >= 11 is 0. The van der Waals surface area contributed by atoms with Crippen LogP contribution in [0.2, 0.25) is 0 Å². The predicted molar refractivity (Wildman–Crippen MR) is 88.3 cm³/mol. The minimum Gasteiger partial charge on any atom is -0.329 e. The third kappa shape index (κ3) is 3.46. The fraction of sp³-hybridized carbons (Fsp3) is 0.611. The summed E-state index contributed by atoms with van der Waals surface area (Å²) in [5.41, 5.74) is 7.68. The molecule has 0 radical (unpaired) electrons. The number of nitrogens with two attached hydrogens (primary N) is 1. The highest BCUT2D eigenvalue weighted by Gasteiger charge is 2.38. The summed E-state index contributed by atoms with van der Waals surface area (Å²) in [5.74, 6) is 0.0985. The number of carbonyl (C=O) groups excluding carboxylic acids is 1. The average Bonchev–Trinajstić information content (AvgIpc) is 2.47. The molecule has 1 aromatic carbocycles. The summed E-state index contributed by atoms with van der Waals surface area (Å²) in [7, 11) is 0. The lowest BCUT2D eigenvalue weighted by Gasteiger charge is -2.35. The van der Waals surface area contributed by atoms with Gasteiger partial charge in [0.1, 0.15) is 0 Å². The molecule has 0 heterocycles. The predicted octanol–water partition coefficient (Wildman–Crippen LogP) is 3.83. The van der Waals surface area contributed by atoms with Crippen molar-refractivity contribution in [2.24, 2.45) is 11.1 Å². The average molecular weight is 288 g/mol. The van der Waals surface area contributed by atoms with E-state index in [0.29, 0.717) is 6.54 Å². The number of para-hydroxylation sites is 1. The number of hydrogen-bond acceptors (Lipinski definition) is 2. The summed E-state index contributed by atoms with van der Waals surface area (Å²) in [4.78, 5) is 12.8. The lowest BCUT2D eigenvalue weighted by molar-refractivity contribution is -0.126. The number of rotatable bonds is 3. The van der Waals surface area contributed by atoms with E-state index in [0.717, 1.165) is 31.4 Å². The van der Waals surface area contributed by atoms with E-state index in [9.17, 15) is 4.79 Å². The van der Waals surface area contributed by atoms with E-state index in [1.807, 2.05) is 18.2 Å². The van der Waals surface area contributed by atoms with Gasteiger partial charge in [0.25, 0.3) is 0 Å². The maximum atomic E-state index is 12.8. The zero-order valence-corrected chi connectivity index (χ0v) is 13.5. The first-order chi connectivity index (χ1) is 9.89. The van der Waals surface area contributed by atoms with Crippen LogP contribution in [-0.4, -0.2) is 12.5 Å². The molecule has 1 aromatic rings. The minimum atomic E-state index is -0.372. The van der Waals surface area contributed by atoms with Gasteiger partial charge < -0.3 is 11.1 Å². The van der Waals surface area contributed by atoms with Crippen LogP contribution < -0.4 is 11.1 Å². The Morgan fingerprint density at radius 2 is 1.81 bits per heavy atom. The van der Waals surface area contributed by atoms with Crippen molar-refractivity contribution in [3.05, 3.63) is 29.8 Å². The summed E-state index contributed by atoms with van der Waals surface area (Å²) < 4.78 is 0. The second-order valence-electron chi connectivity index (χ2n) is 7.29. The molecule has 1 aliphatic carbocycles. The fourth-order valence-corrected chi connectivity index (χ4v) is 3.25. The Kier molecular flexibility index (Phi) is 4.72. The molecule has 0 spiro atoms. The number of nitrogens with one attached hydrogen (secondary N) is 1. The van der Waals surface area contributed by atoms with Crippen LogP contribution in [0.3, 0.4) is 0 Å². The number of benzene rings is 1. The van der Waals surface area contributed by atoms with E-state index in [1.165, 1.54) is 12.0 Å². The molecular formula is C18H28N2O. The Hall–Kier alpha value is -1.35. The molecule has 0 saturated heterocycles. The number of amides is 1. The first-order valence-corrected chi connectivity index (χ1v) is 8.00. The van der Waals surface area contributed by atoms with Crippen LogP contribution in [0, 0.1) is 5.41 Å². The molecule has 1 fully saturated rings. The van der Waals surface area contributed by atoms with Gasteiger partial charge in [-0.05, 0) is 29.9 Å². The van der Waals surface area contributed by atoms with Gasteiger partial charge in [-0.2, -0.15) is 0 Å². The molecule has 21 heavy (non-hydrogen) atoms. The van der Waals surface area contributed by atoms with Crippen molar-refractivity contribution in [1.82, 2.24) is 0 Å². The molecule has 2 rings (SSSR count). The van der Waals surface area contributed by atoms with Crippen molar-refractivity contribution >= 4 is 11.6 Å². The molecule has 116 valence electrons. The summed E-state index contributed by atoms with van der Waals surface area (Å²) in [5, 5.41) is 3.16. The highest BCUT2D eigenvalue weighted by molar-refractivity contribution is 5.96. The Bertz CT molecular complexity index is 496. The molecule has 0 bridgehead atoms.